The van der Waals surface area contributed by atoms with E-state index in [1.54, 1.807) is 48.5 Å². The van der Waals surface area contributed by atoms with Gasteiger partial charge in [0, 0.05) is 0 Å². The highest BCUT2D eigenvalue weighted by molar-refractivity contribution is 5.90. The van der Waals surface area contributed by atoms with Crippen LogP contribution in [0.1, 0.15) is 41.0 Å². The minimum absolute atomic E-state index is 0.264. The van der Waals surface area contributed by atoms with Gasteiger partial charge in [0.2, 0.25) is 6.29 Å². The summed E-state index contributed by atoms with van der Waals surface area (Å²) in [6.45, 7) is 3.81. The van der Waals surface area contributed by atoms with E-state index in [1.165, 1.54) is 0 Å². The second-order valence-corrected chi connectivity index (χ2v) is 6.32. The Labute approximate surface area is 152 Å². The molecule has 4 atom stereocenters. The van der Waals surface area contributed by atoms with Gasteiger partial charge < -0.3 is 14.2 Å². The van der Waals surface area contributed by atoms with Crippen molar-refractivity contribution in [1.82, 2.24) is 0 Å². The molecule has 26 heavy (non-hydrogen) atoms. The van der Waals surface area contributed by atoms with Crippen LogP contribution < -0.4 is 0 Å². The average molecular weight is 354 g/mol. The molecule has 0 saturated carbocycles. The lowest BCUT2D eigenvalue weighted by Gasteiger charge is -2.20. The summed E-state index contributed by atoms with van der Waals surface area (Å²) in [5.74, 6) is -1.12. The Bertz CT molecular complexity index is 744. The summed E-state index contributed by atoms with van der Waals surface area (Å²) in [5.41, 5.74) is 0.945. The Morgan fingerprint density at radius 3 is 1.88 bits per heavy atom. The van der Waals surface area contributed by atoms with Crippen LogP contribution in [0.4, 0.5) is 0 Å². The molecular formula is C21H22O5. The summed E-state index contributed by atoms with van der Waals surface area (Å²) in [6, 6.07) is 17.6. The fourth-order valence-electron chi connectivity index (χ4n) is 3.03. The second kappa shape index (κ2) is 8.15. The fourth-order valence-corrected chi connectivity index (χ4v) is 3.03. The lowest BCUT2D eigenvalue weighted by atomic mass is 10.0. The summed E-state index contributed by atoms with van der Waals surface area (Å²) in [7, 11) is 0. The smallest absolute Gasteiger partial charge is 0.340 e. The lowest BCUT2D eigenvalue weighted by molar-refractivity contribution is -0.116. The maximum absolute atomic E-state index is 12.4. The molecule has 2 aromatic carbocycles. The zero-order valence-electron chi connectivity index (χ0n) is 14.8. The Kier molecular flexibility index (Phi) is 5.68. The number of rotatable bonds is 5. The van der Waals surface area contributed by atoms with Crippen LogP contribution in [0.25, 0.3) is 0 Å². The van der Waals surface area contributed by atoms with Crippen LogP contribution in [0.3, 0.4) is 0 Å². The third-order valence-corrected chi connectivity index (χ3v) is 4.51. The molecule has 0 radical (unpaired) electrons. The number of hydrogen-bond acceptors (Lipinski definition) is 5. The van der Waals surface area contributed by atoms with Gasteiger partial charge in [-0.05, 0) is 30.7 Å². The predicted octanol–water partition coefficient (Wildman–Crippen LogP) is 3.84. The van der Waals surface area contributed by atoms with E-state index in [-0.39, 0.29) is 12.0 Å². The molecule has 0 aromatic heterocycles. The number of benzene rings is 2. The number of hydrogen-bond donors (Lipinski definition) is 0. The molecule has 3 rings (SSSR count). The molecule has 1 aliphatic rings. The van der Waals surface area contributed by atoms with Crippen molar-refractivity contribution < 1.29 is 23.8 Å². The summed E-state index contributed by atoms with van der Waals surface area (Å²) < 4.78 is 17.0. The molecule has 1 saturated heterocycles. The van der Waals surface area contributed by atoms with Crippen LogP contribution >= 0.6 is 0 Å². The van der Waals surface area contributed by atoms with Crippen LogP contribution in [0.2, 0.25) is 0 Å². The van der Waals surface area contributed by atoms with E-state index in [0.717, 1.165) is 0 Å². The molecule has 0 bridgehead atoms. The second-order valence-electron chi connectivity index (χ2n) is 6.32. The van der Waals surface area contributed by atoms with E-state index in [0.29, 0.717) is 17.5 Å². The van der Waals surface area contributed by atoms with Gasteiger partial charge in [-0.25, -0.2) is 9.59 Å². The van der Waals surface area contributed by atoms with E-state index < -0.39 is 24.3 Å². The van der Waals surface area contributed by atoms with Crippen molar-refractivity contribution in [2.24, 2.45) is 5.92 Å². The molecule has 0 aliphatic carbocycles. The van der Waals surface area contributed by atoms with Crippen molar-refractivity contribution >= 4 is 11.9 Å². The Morgan fingerprint density at radius 1 is 0.885 bits per heavy atom. The highest BCUT2D eigenvalue weighted by Crippen LogP contribution is 2.33. The number of carbonyl (C=O) groups is 2. The topological polar surface area (TPSA) is 61.8 Å². The predicted molar refractivity (Wildman–Crippen MR) is 95.6 cm³/mol. The standard InChI is InChI=1S/C21H22O5/c1-3-17-18(25-19(22)15-10-6-4-7-11-15)14(2)21(24-17)26-20(23)16-12-8-5-9-13-16/h4-14,17-18,21H,3H2,1-2H3/t14?,17-,18+,21-/m1/s1. The van der Waals surface area contributed by atoms with Crippen LogP contribution in [-0.4, -0.2) is 30.4 Å². The summed E-state index contributed by atoms with van der Waals surface area (Å²) in [4.78, 5) is 24.7. The van der Waals surface area contributed by atoms with Gasteiger partial charge in [0.15, 0.2) is 0 Å². The van der Waals surface area contributed by atoms with E-state index in [1.807, 2.05) is 26.0 Å². The third kappa shape index (κ3) is 3.94. The largest absolute Gasteiger partial charge is 0.455 e. The molecule has 1 aliphatic heterocycles. The fraction of sp³-hybridized carbons (Fsp3) is 0.333. The van der Waals surface area contributed by atoms with Crippen molar-refractivity contribution in [2.75, 3.05) is 0 Å². The maximum atomic E-state index is 12.4. The van der Waals surface area contributed by atoms with Gasteiger partial charge >= 0.3 is 11.9 Å². The minimum atomic E-state index is -0.749. The molecule has 2 aromatic rings. The Balaban J connectivity index is 1.67. The van der Waals surface area contributed by atoms with Crippen molar-refractivity contribution in [1.29, 1.82) is 0 Å². The van der Waals surface area contributed by atoms with Crippen LogP contribution in [0, 0.1) is 5.92 Å². The molecule has 136 valence electrons. The molecule has 5 nitrogen and oxygen atoms in total. The number of ether oxygens (including phenoxy) is 3. The molecular weight excluding hydrogens is 332 g/mol. The van der Waals surface area contributed by atoms with Gasteiger partial charge in [-0.2, -0.15) is 0 Å². The van der Waals surface area contributed by atoms with E-state index in [9.17, 15) is 9.59 Å². The third-order valence-electron chi connectivity index (χ3n) is 4.51. The zero-order chi connectivity index (χ0) is 18.5. The number of esters is 2. The molecule has 0 spiro atoms. The SMILES string of the molecule is CC[C@H]1O[C@H](OC(=O)c2ccccc2)C(C)[C@@H]1OC(=O)c1ccccc1. The highest BCUT2D eigenvalue weighted by atomic mass is 16.7. The molecule has 1 unspecified atom stereocenters. The Hall–Kier alpha value is -2.66. The summed E-state index contributed by atoms with van der Waals surface area (Å²) in [5, 5.41) is 0. The first-order valence-electron chi connectivity index (χ1n) is 8.77. The molecule has 0 N–H and O–H groups in total. The maximum Gasteiger partial charge on any atom is 0.340 e. The van der Waals surface area contributed by atoms with Crippen molar-refractivity contribution in [3.63, 3.8) is 0 Å². The van der Waals surface area contributed by atoms with Gasteiger partial charge in [-0.3, -0.25) is 0 Å². The van der Waals surface area contributed by atoms with Gasteiger partial charge in [-0.15, -0.1) is 0 Å². The van der Waals surface area contributed by atoms with Crippen molar-refractivity contribution in [2.45, 2.75) is 38.8 Å². The van der Waals surface area contributed by atoms with E-state index in [2.05, 4.69) is 0 Å². The molecule has 1 fully saturated rings. The quantitative estimate of drug-likeness (QED) is 0.764. The zero-order valence-corrected chi connectivity index (χ0v) is 14.8. The van der Waals surface area contributed by atoms with Crippen LogP contribution in [-0.2, 0) is 14.2 Å². The molecule has 5 heteroatoms. The van der Waals surface area contributed by atoms with Crippen LogP contribution in [0.5, 0.6) is 0 Å². The minimum Gasteiger partial charge on any atom is -0.455 e. The average Bonchev–Trinajstić information content (AvgIpc) is 2.98. The normalized spacial score (nSPS) is 24.8. The van der Waals surface area contributed by atoms with Gasteiger partial charge in [-0.1, -0.05) is 50.2 Å². The molecule has 1 heterocycles. The van der Waals surface area contributed by atoms with Gasteiger partial charge in [0.05, 0.1) is 23.1 Å². The first-order valence-corrected chi connectivity index (χ1v) is 8.77. The van der Waals surface area contributed by atoms with E-state index >= 15 is 0 Å². The first-order chi connectivity index (χ1) is 12.6. The number of carbonyl (C=O) groups excluding carboxylic acids is 2. The molecule has 0 amide bonds. The Morgan fingerprint density at radius 2 is 1.38 bits per heavy atom. The highest BCUT2D eigenvalue weighted by Gasteiger charge is 2.45. The summed E-state index contributed by atoms with van der Waals surface area (Å²) in [6.07, 6.45) is -0.884. The van der Waals surface area contributed by atoms with Gasteiger partial charge in [0.1, 0.15) is 6.10 Å². The first kappa shape index (κ1) is 18.1. The van der Waals surface area contributed by atoms with Crippen LogP contribution in [0.15, 0.2) is 60.7 Å². The summed E-state index contributed by atoms with van der Waals surface area (Å²) >= 11 is 0. The van der Waals surface area contributed by atoms with Gasteiger partial charge in [0.25, 0.3) is 0 Å². The van der Waals surface area contributed by atoms with E-state index in [4.69, 9.17) is 14.2 Å². The monoisotopic (exact) mass is 354 g/mol. The lowest BCUT2D eigenvalue weighted by Crippen LogP contribution is -2.32. The van der Waals surface area contributed by atoms with Crippen molar-refractivity contribution in [3.8, 4) is 0 Å². The van der Waals surface area contributed by atoms with Crippen molar-refractivity contribution in [3.05, 3.63) is 71.8 Å².